The van der Waals surface area contributed by atoms with Gasteiger partial charge < -0.3 is 14.8 Å². The minimum absolute atomic E-state index is 0.304. The van der Waals surface area contributed by atoms with Crippen molar-refractivity contribution in [3.8, 4) is 11.5 Å². The number of anilines is 1. The van der Waals surface area contributed by atoms with Gasteiger partial charge in [-0.1, -0.05) is 47.5 Å². The van der Waals surface area contributed by atoms with E-state index in [0.29, 0.717) is 39.4 Å². The molecule has 0 aromatic heterocycles. The molecule has 0 aliphatic rings. The summed E-state index contributed by atoms with van der Waals surface area (Å²) in [4.78, 5) is 24.0. The molecule has 3 rings (SSSR count). The van der Waals surface area contributed by atoms with Crippen molar-refractivity contribution >= 4 is 46.9 Å². The third-order valence-electron chi connectivity index (χ3n) is 4.16. The third kappa shape index (κ3) is 6.73. The Balaban J connectivity index is 1.52. The summed E-state index contributed by atoms with van der Waals surface area (Å²) >= 11 is 11.9. The van der Waals surface area contributed by atoms with Crippen molar-refractivity contribution < 1.29 is 19.1 Å². The van der Waals surface area contributed by atoms with Gasteiger partial charge in [0.2, 0.25) is 0 Å². The van der Waals surface area contributed by atoms with Crippen LogP contribution in [0.15, 0.2) is 71.8 Å². The van der Waals surface area contributed by atoms with Crippen LogP contribution in [0.1, 0.15) is 11.1 Å². The molecular formula is C23H19Cl2N3O4. The highest BCUT2D eigenvalue weighted by Crippen LogP contribution is 2.23. The topological polar surface area (TPSA) is 89.0 Å². The first-order valence-electron chi connectivity index (χ1n) is 9.40. The van der Waals surface area contributed by atoms with Crippen molar-refractivity contribution in [2.24, 2.45) is 5.10 Å². The number of amides is 2. The quantitative estimate of drug-likeness (QED) is 0.297. The lowest BCUT2D eigenvalue weighted by Gasteiger charge is -2.08. The van der Waals surface area contributed by atoms with Gasteiger partial charge in [-0.15, -0.1) is 0 Å². The van der Waals surface area contributed by atoms with Gasteiger partial charge in [-0.3, -0.25) is 9.59 Å². The molecule has 9 heteroatoms. The minimum atomic E-state index is -0.906. The minimum Gasteiger partial charge on any atom is -0.497 e. The predicted octanol–water partition coefficient (Wildman–Crippen LogP) is 4.67. The number of hydrogen-bond acceptors (Lipinski definition) is 5. The molecule has 3 aromatic carbocycles. The molecular weight excluding hydrogens is 453 g/mol. The number of hydrogen-bond donors (Lipinski definition) is 2. The van der Waals surface area contributed by atoms with E-state index in [2.05, 4.69) is 15.8 Å². The van der Waals surface area contributed by atoms with Crippen LogP contribution in [0.25, 0.3) is 0 Å². The van der Waals surface area contributed by atoms with Crippen molar-refractivity contribution in [2.75, 3.05) is 12.4 Å². The summed E-state index contributed by atoms with van der Waals surface area (Å²) in [5.41, 5.74) is 4.16. The lowest BCUT2D eigenvalue weighted by Crippen LogP contribution is -2.32. The molecule has 2 amide bonds. The van der Waals surface area contributed by atoms with Crippen LogP contribution in [-0.4, -0.2) is 25.1 Å². The van der Waals surface area contributed by atoms with Crippen LogP contribution in [0.3, 0.4) is 0 Å². The second-order valence-electron chi connectivity index (χ2n) is 6.49. The molecule has 32 heavy (non-hydrogen) atoms. The first kappa shape index (κ1) is 23.1. The maximum atomic E-state index is 12.0. The Labute approximate surface area is 194 Å². The number of nitrogens with zero attached hydrogens (tertiary/aromatic N) is 1. The van der Waals surface area contributed by atoms with Crippen LogP contribution in [0, 0.1) is 0 Å². The number of nitrogens with one attached hydrogen (secondary N) is 2. The zero-order chi connectivity index (χ0) is 22.9. The molecule has 0 radical (unpaired) electrons. The normalized spacial score (nSPS) is 10.6. The van der Waals surface area contributed by atoms with Crippen LogP contribution < -0.4 is 20.2 Å². The molecule has 0 saturated carbocycles. The van der Waals surface area contributed by atoms with E-state index in [9.17, 15) is 9.59 Å². The molecule has 0 spiro atoms. The summed E-state index contributed by atoms with van der Waals surface area (Å²) in [5, 5.41) is 7.23. The van der Waals surface area contributed by atoms with Gasteiger partial charge in [0.25, 0.3) is 0 Å². The fraction of sp³-hybridized carbons (Fsp3) is 0.0870. The second kappa shape index (κ2) is 11.2. The van der Waals surface area contributed by atoms with Crippen molar-refractivity contribution in [3.05, 3.63) is 87.9 Å². The summed E-state index contributed by atoms with van der Waals surface area (Å²) in [6.07, 6.45) is 1.41. The van der Waals surface area contributed by atoms with E-state index in [1.807, 2.05) is 6.07 Å². The van der Waals surface area contributed by atoms with E-state index >= 15 is 0 Å². The van der Waals surface area contributed by atoms with E-state index in [0.717, 1.165) is 5.56 Å². The molecule has 0 atom stereocenters. The standard InChI is InChI=1S/C23H19Cl2N3O4/c1-31-18-6-3-5-17(12-18)27-22(29)23(30)28-26-13-15-4-2-7-19(10-15)32-14-16-8-9-20(24)21(25)11-16/h2-13H,14H2,1H3,(H,27,29)(H,28,30)/b26-13-. The van der Waals surface area contributed by atoms with Gasteiger partial charge in [0, 0.05) is 11.8 Å². The van der Waals surface area contributed by atoms with Crippen LogP contribution in [0.5, 0.6) is 11.5 Å². The van der Waals surface area contributed by atoms with Crippen LogP contribution in [-0.2, 0) is 16.2 Å². The van der Waals surface area contributed by atoms with E-state index in [-0.39, 0.29) is 0 Å². The maximum Gasteiger partial charge on any atom is 0.329 e. The molecule has 0 aliphatic heterocycles. The molecule has 3 aromatic rings. The number of methoxy groups -OCH3 is 1. The maximum absolute atomic E-state index is 12.0. The van der Waals surface area contributed by atoms with E-state index in [1.54, 1.807) is 60.7 Å². The lowest BCUT2D eigenvalue weighted by molar-refractivity contribution is -0.136. The average Bonchev–Trinajstić information content (AvgIpc) is 2.80. The summed E-state index contributed by atoms with van der Waals surface area (Å²) < 4.78 is 10.8. The van der Waals surface area contributed by atoms with Gasteiger partial charge in [-0.2, -0.15) is 5.10 Å². The van der Waals surface area contributed by atoms with E-state index < -0.39 is 11.8 Å². The fourth-order valence-electron chi connectivity index (χ4n) is 2.59. The lowest BCUT2D eigenvalue weighted by atomic mass is 10.2. The molecule has 0 fully saturated rings. The Hall–Kier alpha value is -3.55. The summed E-state index contributed by atoms with van der Waals surface area (Å²) in [6.45, 7) is 0.304. The molecule has 2 N–H and O–H groups in total. The Morgan fingerprint density at radius 1 is 0.938 bits per heavy atom. The first-order chi connectivity index (χ1) is 15.4. The van der Waals surface area contributed by atoms with E-state index in [4.69, 9.17) is 32.7 Å². The highest BCUT2D eigenvalue weighted by Gasteiger charge is 2.13. The number of carbonyl (C=O) groups is 2. The van der Waals surface area contributed by atoms with Crippen molar-refractivity contribution in [3.63, 3.8) is 0 Å². The Kier molecular flexibility index (Phi) is 8.08. The molecule has 0 heterocycles. The summed E-state index contributed by atoms with van der Waals surface area (Å²) in [5.74, 6) is -0.602. The number of hydrazone groups is 1. The molecule has 0 unspecified atom stereocenters. The van der Waals surface area contributed by atoms with Gasteiger partial charge in [0.1, 0.15) is 18.1 Å². The largest absolute Gasteiger partial charge is 0.497 e. The number of ether oxygens (including phenoxy) is 2. The van der Waals surface area contributed by atoms with Crippen molar-refractivity contribution in [1.82, 2.24) is 5.43 Å². The van der Waals surface area contributed by atoms with Crippen LogP contribution in [0.2, 0.25) is 10.0 Å². The van der Waals surface area contributed by atoms with Gasteiger partial charge in [0.15, 0.2) is 0 Å². The Morgan fingerprint density at radius 2 is 1.72 bits per heavy atom. The zero-order valence-electron chi connectivity index (χ0n) is 17.0. The molecule has 0 bridgehead atoms. The number of halogens is 2. The van der Waals surface area contributed by atoms with Crippen molar-refractivity contribution in [2.45, 2.75) is 6.61 Å². The molecule has 164 valence electrons. The Bertz CT molecular complexity index is 1150. The molecule has 7 nitrogen and oxygen atoms in total. The van der Waals surface area contributed by atoms with E-state index in [1.165, 1.54) is 13.3 Å². The number of benzene rings is 3. The zero-order valence-corrected chi connectivity index (χ0v) is 18.5. The van der Waals surface area contributed by atoms with Gasteiger partial charge in [0.05, 0.1) is 23.4 Å². The van der Waals surface area contributed by atoms with Crippen molar-refractivity contribution in [1.29, 1.82) is 0 Å². The highest BCUT2D eigenvalue weighted by atomic mass is 35.5. The van der Waals surface area contributed by atoms with Crippen LogP contribution in [0.4, 0.5) is 5.69 Å². The van der Waals surface area contributed by atoms with Gasteiger partial charge in [-0.05, 0) is 47.5 Å². The predicted molar refractivity (Wildman–Crippen MR) is 125 cm³/mol. The number of rotatable bonds is 7. The summed E-state index contributed by atoms with van der Waals surface area (Å²) in [7, 11) is 1.51. The fourth-order valence-corrected chi connectivity index (χ4v) is 2.91. The highest BCUT2D eigenvalue weighted by molar-refractivity contribution is 6.42. The second-order valence-corrected chi connectivity index (χ2v) is 7.31. The molecule has 0 aliphatic carbocycles. The molecule has 0 saturated heterocycles. The SMILES string of the molecule is COc1cccc(NC(=O)C(=O)N/N=C\c2cccc(OCc3ccc(Cl)c(Cl)c3)c2)c1. The van der Waals surface area contributed by atoms with Gasteiger partial charge >= 0.3 is 11.8 Å². The third-order valence-corrected chi connectivity index (χ3v) is 4.90. The Morgan fingerprint density at radius 3 is 2.50 bits per heavy atom. The first-order valence-corrected chi connectivity index (χ1v) is 10.2. The van der Waals surface area contributed by atoms with Crippen LogP contribution >= 0.6 is 23.2 Å². The van der Waals surface area contributed by atoms with Gasteiger partial charge in [-0.25, -0.2) is 5.43 Å². The summed E-state index contributed by atoms with van der Waals surface area (Å²) in [6, 6.07) is 19.0. The average molecular weight is 472 g/mol. The monoisotopic (exact) mass is 471 g/mol. The number of carbonyl (C=O) groups excluding carboxylic acids is 2. The smallest absolute Gasteiger partial charge is 0.329 e.